The monoisotopic (exact) mass is 267 g/mol. The third-order valence-electron chi connectivity index (χ3n) is 3.83. The van der Waals surface area contributed by atoms with Gasteiger partial charge in [0, 0.05) is 12.1 Å². The fourth-order valence-corrected chi connectivity index (χ4v) is 2.75. The summed E-state index contributed by atoms with van der Waals surface area (Å²) in [7, 11) is 0. The van der Waals surface area contributed by atoms with E-state index >= 15 is 0 Å². The summed E-state index contributed by atoms with van der Waals surface area (Å²) in [6, 6.07) is 3.55. The van der Waals surface area contributed by atoms with Crippen LogP contribution in [-0.4, -0.2) is 29.8 Å². The Bertz CT molecular complexity index is 455. The molecule has 1 aromatic rings. The summed E-state index contributed by atoms with van der Waals surface area (Å²) in [5.74, 6) is -1.70. The lowest BCUT2D eigenvalue weighted by Gasteiger charge is -2.26. The lowest BCUT2D eigenvalue weighted by atomic mass is 10.1. The highest BCUT2D eigenvalue weighted by molar-refractivity contribution is 5.97. The van der Waals surface area contributed by atoms with Crippen LogP contribution in [0.1, 0.15) is 43.0 Å². The molecular formula is C15H19F2NO. The minimum atomic E-state index is -0.771. The van der Waals surface area contributed by atoms with E-state index < -0.39 is 11.6 Å². The molecule has 1 fully saturated rings. The highest BCUT2D eigenvalue weighted by atomic mass is 19.1. The summed E-state index contributed by atoms with van der Waals surface area (Å²) >= 11 is 0. The predicted octanol–water partition coefficient (Wildman–Crippen LogP) is 3.41. The highest BCUT2D eigenvalue weighted by Gasteiger charge is 2.24. The van der Waals surface area contributed by atoms with Crippen molar-refractivity contribution in [3.63, 3.8) is 0 Å². The molecule has 0 unspecified atom stereocenters. The first-order valence-corrected chi connectivity index (χ1v) is 6.84. The summed E-state index contributed by atoms with van der Waals surface area (Å²) in [6.07, 6.45) is 4.60. The van der Waals surface area contributed by atoms with Crippen LogP contribution in [0.3, 0.4) is 0 Å². The van der Waals surface area contributed by atoms with Crippen LogP contribution < -0.4 is 0 Å². The van der Waals surface area contributed by atoms with Crippen molar-refractivity contribution in [1.29, 1.82) is 0 Å². The number of carbonyl (C=O) groups is 1. The van der Waals surface area contributed by atoms with E-state index in [9.17, 15) is 13.6 Å². The molecule has 0 saturated heterocycles. The summed E-state index contributed by atoms with van der Waals surface area (Å²) in [4.78, 5) is 14.2. The van der Waals surface area contributed by atoms with Gasteiger partial charge in [-0.25, -0.2) is 8.78 Å². The van der Waals surface area contributed by atoms with Crippen LogP contribution in [0, 0.1) is 11.6 Å². The third-order valence-corrected chi connectivity index (χ3v) is 3.83. The third kappa shape index (κ3) is 3.38. The Morgan fingerprint density at radius 3 is 2.58 bits per heavy atom. The Kier molecular flexibility index (Phi) is 4.64. The van der Waals surface area contributed by atoms with Crippen LogP contribution in [0.4, 0.5) is 8.78 Å². The zero-order valence-electron chi connectivity index (χ0n) is 11.2. The lowest BCUT2D eigenvalue weighted by Crippen LogP contribution is -2.37. The van der Waals surface area contributed by atoms with Crippen molar-refractivity contribution in [2.24, 2.45) is 0 Å². The minimum Gasteiger partial charge on any atom is -0.293 e. The first-order chi connectivity index (χ1) is 9.11. The predicted molar refractivity (Wildman–Crippen MR) is 70.2 cm³/mol. The molecule has 0 heterocycles. The standard InChI is InChI=1S/C15H19F2NO/c1-2-18(12-5-3-4-6-12)10-15(19)13-8-7-11(16)9-14(13)17/h7-9,12H,2-6,10H2,1H3. The molecule has 4 heteroatoms. The summed E-state index contributed by atoms with van der Waals surface area (Å²) in [5, 5.41) is 0. The molecule has 0 aromatic heterocycles. The zero-order chi connectivity index (χ0) is 13.8. The van der Waals surface area contributed by atoms with Gasteiger partial charge in [0.1, 0.15) is 11.6 Å². The Balaban J connectivity index is 2.06. The highest BCUT2D eigenvalue weighted by Crippen LogP contribution is 2.23. The Hall–Kier alpha value is -1.29. The van der Waals surface area contributed by atoms with Crippen molar-refractivity contribution >= 4 is 5.78 Å². The minimum absolute atomic E-state index is 0.0159. The number of benzene rings is 1. The van der Waals surface area contributed by atoms with Gasteiger partial charge in [-0.15, -0.1) is 0 Å². The quantitative estimate of drug-likeness (QED) is 0.762. The lowest BCUT2D eigenvalue weighted by molar-refractivity contribution is 0.0895. The van der Waals surface area contributed by atoms with Gasteiger partial charge >= 0.3 is 0 Å². The van der Waals surface area contributed by atoms with E-state index in [1.54, 1.807) is 0 Å². The SMILES string of the molecule is CCN(CC(=O)c1ccc(F)cc1F)C1CCCC1. The maximum absolute atomic E-state index is 13.6. The molecule has 1 aromatic carbocycles. The molecule has 0 amide bonds. The van der Waals surface area contributed by atoms with Gasteiger partial charge in [-0.05, 0) is 31.5 Å². The van der Waals surface area contributed by atoms with Gasteiger partial charge in [0.05, 0.1) is 12.1 Å². The molecule has 2 rings (SSSR count). The first-order valence-electron chi connectivity index (χ1n) is 6.84. The van der Waals surface area contributed by atoms with Crippen LogP contribution in [0.15, 0.2) is 18.2 Å². The molecule has 1 aliphatic rings. The van der Waals surface area contributed by atoms with E-state index in [1.165, 1.54) is 18.9 Å². The number of ketones is 1. The topological polar surface area (TPSA) is 20.3 Å². The largest absolute Gasteiger partial charge is 0.293 e. The van der Waals surface area contributed by atoms with Crippen molar-refractivity contribution in [2.75, 3.05) is 13.1 Å². The second-order valence-corrected chi connectivity index (χ2v) is 5.05. The fraction of sp³-hybridized carbons (Fsp3) is 0.533. The molecule has 1 saturated carbocycles. The number of halogens is 2. The first kappa shape index (κ1) is 14.1. The second-order valence-electron chi connectivity index (χ2n) is 5.05. The van der Waals surface area contributed by atoms with Gasteiger partial charge in [-0.3, -0.25) is 9.69 Å². The number of likely N-dealkylation sites (N-methyl/N-ethyl adjacent to an activating group) is 1. The number of nitrogens with zero attached hydrogens (tertiary/aromatic N) is 1. The number of hydrogen-bond donors (Lipinski definition) is 0. The molecule has 104 valence electrons. The number of carbonyl (C=O) groups excluding carboxylic acids is 1. The van der Waals surface area contributed by atoms with Crippen LogP contribution in [0.2, 0.25) is 0 Å². The summed E-state index contributed by atoms with van der Waals surface area (Å²) in [6.45, 7) is 3.00. The Morgan fingerprint density at radius 2 is 2.00 bits per heavy atom. The van der Waals surface area contributed by atoms with E-state index in [-0.39, 0.29) is 17.9 Å². The van der Waals surface area contributed by atoms with E-state index in [0.29, 0.717) is 6.04 Å². The molecule has 1 aliphatic carbocycles. The van der Waals surface area contributed by atoms with Crippen molar-refractivity contribution in [1.82, 2.24) is 4.90 Å². The van der Waals surface area contributed by atoms with E-state index in [0.717, 1.165) is 31.5 Å². The van der Waals surface area contributed by atoms with Crippen molar-refractivity contribution < 1.29 is 13.6 Å². The van der Waals surface area contributed by atoms with Gasteiger partial charge in [0.15, 0.2) is 5.78 Å². The summed E-state index contributed by atoms with van der Waals surface area (Å²) < 4.78 is 26.4. The van der Waals surface area contributed by atoms with E-state index in [4.69, 9.17) is 0 Å². The average Bonchev–Trinajstić information content (AvgIpc) is 2.89. The summed E-state index contributed by atoms with van der Waals surface area (Å²) in [5.41, 5.74) is -0.0159. The molecule has 2 nitrogen and oxygen atoms in total. The van der Waals surface area contributed by atoms with Crippen molar-refractivity contribution in [3.05, 3.63) is 35.4 Å². The van der Waals surface area contributed by atoms with Crippen molar-refractivity contribution in [2.45, 2.75) is 38.6 Å². The molecular weight excluding hydrogens is 248 g/mol. The molecule has 0 aliphatic heterocycles. The van der Waals surface area contributed by atoms with Gasteiger partial charge < -0.3 is 0 Å². The van der Waals surface area contributed by atoms with Gasteiger partial charge in [0.25, 0.3) is 0 Å². The maximum atomic E-state index is 13.6. The zero-order valence-corrected chi connectivity index (χ0v) is 11.2. The Morgan fingerprint density at radius 1 is 1.32 bits per heavy atom. The molecule has 0 radical (unpaired) electrons. The number of Topliss-reactive ketones (excluding diaryl/α,β-unsaturated/α-hetero) is 1. The van der Waals surface area contributed by atoms with Crippen LogP contribution in [-0.2, 0) is 0 Å². The number of hydrogen-bond acceptors (Lipinski definition) is 2. The van der Waals surface area contributed by atoms with E-state index in [1.807, 2.05) is 6.92 Å². The van der Waals surface area contributed by atoms with Crippen molar-refractivity contribution in [3.8, 4) is 0 Å². The fourth-order valence-electron chi connectivity index (χ4n) is 2.75. The smallest absolute Gasteiger partial charge is 0.179 e. The Labute approximate surface area is 112 Å². The van der Waals surface area contributed by atoms with Gasteiger partial charge in [-0.2, -0.15) is 0 Å². The van der Waals surface area contributed by atoms with Gasteiger partial charge in [0.2, 0.25) is 0 Å². The van der Waals surface area contributed by atoms with E-state index in [2.05, 4.69) is 4.90 Å². The average molecular weight is 267 g/mol. The van der Waals surface area contributed by atoms with Crippen LogP contribution in [0.5, 0.6) is 0 Å². The molecule has 0 bridgehead atoms. The normalized spacial score (nSPS) is 16.2. The second kappa shape index (κ2) is 6.24. The van der Waals surface area contributed by atoms with Gasteiger partial charge in [-0.1, -0.05) is 19.8 Å². The van der Waals surface area contributed by atoms with Crippen LogP contribution in [0.25, 0.3) is 0 Å². The molecule has 19 heavy (non-hydrogen) atoms. The molecule has 0 atom stereocenters. The molecule has 0 N–H and O–H groups in total. The molecule has 0 spiro atoms. The maximum Gasteiger partial charge on any atom is 0.179 e. The van der Waals surface area contributed by atoms with Crippen LogP contribution >= 0.6 is 0 Å². The number of rotatable bonds is 5.